The summed E-state index contributed by atoms with van der Waals surface area (Å²) in [4.78, 5) is 29.7. The van der Waals surface area contributed by atoms with Gasteiger partial charge in [0.2, 0.25) is 11.8 Å². The molecular formula is C19H26N4O2. The zero-order valence-electron chi connectivity index (χ0n) is 14.8. The Kier molecular flexibility index (Phi) is 4.15. The van der Waals surface area contributed by atoms with Crippen molar-refractivity contribution in [3.8, 4) is 0 Å². The van der Waals surface area contributed by atoms with Crippen LogP contribution in [-0.2, 0) is 9.59 Å². The fourth-order valence-electron chi connectivity index (χ4n) is 4.27. The maximum Gasteiger partial charge on any atom is 0.250 e. The third-order valence-electron chi connectivity index (χ3n) is 5.96. The van der Waals surface area contributed by atoms with Crippen LogP contribution in [0.25, 0.3) is 0 Å². The van der Waals surface area contributed by atoms with Crippen LogP contribution in [0, 0.1) is 0 Å². The van der Waals surface area contributed by atoms with E-state index < -0.39 is 5.54 Å². The van der Waals surface area contributed by atoms with Crippen molar-refractivity contribution in [2.24, 2.45) is 0 Å². The highest BCUT2D eigenvalue weighted by Gasteiger charge is 2.45. The summed E-state index contributed by atoms with van der Waals surface area (Å²) in [5.41, 5.74) is 1.20. The number of anilines is 2. The number of rotatable bonds is 2. The number of hydrogen-bond donors (Lipinski definition) is 2. The standard InChI is InChI=1S/C19H26N4O2/c1-14(22-10-4-5-11-22)17(24)23-12-8-19(9-13-23)18(25)20-15-6-2-3-7-16(15)21-19/h2-3,6-7,14,21H,4-5,8-13H2,1H3,(H,20,25). The van der Waals surface area contributed by atoms with E-state index in [1.807, 2.05) is 36.1 Å². The van der Waals surface area contributed by atoms with Crippen LogP contribution in [0.3, 0.4) is 0 Å². The number of carbonyl (C=O) groups is 2. The highest BCUT2D eigenvalue weighted by molar-refractivity contribution is 6.06. The lowest BCUT2D eigenvalue weighted by Crippen LogP contribution is -2.60. The van der Waals surface area contributed by atoms with Gasteiger partial charge in [-0.3, -0.25) is 14.5 Å². The average Bonchev–Trinajstić information content (AvgIpc) is 3.17. The third kappa shape index (κ3) is 2.88. The van der Waals surface area contributed by atoms with Crippen LogP contribution in [-0.4, -0.2) is 59.4 Å². The van der Waals surface area contributed by atoms with Crippen molar-refractivity contribution in [1.82, 2.24) is 9.80 Å². The fraction of sp³-hybridized carbons (Fsp3) is 0.579. The molecule has 3 aliphatic heterocycles. The van der Waals surface area contributed by atoms with Gasteiger partial charge in [0.05, 0.1) is 17.4 Å². The molecule has 1 aromatic carbocycles. The molecule has 0 bridgehead atoms. The number of amides is 2. The second-order valence-corrected chi connectivity index (χ2v) is 7.45. The van der Waals surface area contributed by atoms with E-state index in [4.69, 9.17) is 0 Å². The third-order valence-corrected chi connectivity index (χ3v) is 5.96. The van der Waals surface area contributed by atoms with Crippen molar-refractivity contribution in [3.05, 3.63) is 24.3 Å². The van der Waals surface area contributed by atoms with E-state index in [1.54, 1.807) is 0 Å². The Hall–Kier alpha value is -2.08. The molecule has 6 nitrogen and oxygen atoms in total. The quantitative estimate of drug-likeness (QED) is 0.862. The normalized spacial score (nSPS) is 23.7. The van der Waals surface area contributed by atoms with Crippen LogP contribution in [0.5, 0.6) is 0 Å². The SMILES string of the molecule is CC(C(=O)N1CCC2(CC1)Nc1ccccc1NC2=O)N1CCCC1. The maximum absolute atomic E-state index is 12.8. The summed E-state index contributed by atoms with van der Waals surface area (Å²) in [5, 5.41) is 6.46. The van der Waals surface area contributed by atoms with Gasteiger partial charge in [0.15, 0.2) is 0 Å². The van der Waals surface area contributed by atoms with E-state index in [2.05, 4.69) is 15.5 Å². The molecule has 6 heteroatoms. The van der Waals surface area contributed by atoms with Crippen molar-refractivity contribution in [1.29, 1.82) is 0 Å². The number of benzene rings is 1. The van der Waals surface area contributed by atoms with Crippen molar-refractivity contribution in [3.63, 3.8) is 0 Å². The topological polar surface area (TPSA) is 64.7 Å². The monoisotopic (exact) mass is 342 g/mol. The fourth-order valence-corrected chi connectivity index (χ4v) is 4.27. The van der Waals surface area contributed by atoms with Crippen molar-refractivity contribution < 1.29 is 9.59 Å². The van der Waals surface area contributed by atoms with Gasteiger partial charge in [0.1, 0.15) is 5.54 Å². The van der Waals surface area contributed by atoms with Crippen LogP contribution in [0.4, 0.5) is 11.4 Å². The summed E-state index contributed by atoms with van der Waals surface area (Å²) in [6.45, 7) is 5.30. The van der Waals surface area contributed by atoms with E-state index in [0.29, 0.717) is 25.9 Å². The Balaban J connectivity index is 1.42. The summed E-state index contributed by atoms with van der Waals surface area (Å²) in [7, 11) is 0. The molecule has 1 unspecified atom stereocenters. The van der Waals surface area contributed by atoms with Gasteiger partial charge in [-0.2, -0.15) is 0 Å². The molecule has 25 heavy (non-hydrogen) atoms. The van der Waals surface area contributed by atoms with Crippen molar-refractivity contribution in [2.75, 3.05) is 36.8 Å². The molecule has 3 aliphatic rings. The summed E-state index contributed by atoms with van der Waals surface area (Å²) in [6, 6.07) is 7.73. The Bertz CT molecular complexity index is 676. The van der Waals surface area contributed by atoms with Crippen molar-refractivity contribution >= 4 is 23.2 Å². The Labute approximate surface area is 148 Å². The summed E-state index contributed by atoms with van der Waals surface area (Å²) < 4.78 is 0. The molecular weight excluding hydrogens is 316 g/mol. The number of nitrogens with one attached hydrogen (secondary N) is 2. The predicted octanol–water partition coefficient (Wildman–Crippen LogP) is 1.90. The Morgan fingerprint density at radius 2 is 1.72 bits per heavy atom. The summed E-state index contributed by atoms with van der Waals surface area (Å²) in [5.74, 6) is 0.222. The van der Waals surface area contributed by atoms with E-state index in [9.17, 15) is 9.59 Å². The predicted molar refractivity (Wildman–Crippen MR) is 97.5 cm³/mol. The van der Waals surface area contributed by atoms with Gasteiger partial charge in [-0.1, -0.05) is 12.1 Å². The summed E-state index contributed by atoms with van der Waals surface area (Å²) in [6.07, 6.45) is 3.66. The first kappa shape index (κ1) is 16.4. The lowest BCUT2D eigenvalue weighted by Gasteiger charge is -2.45. The molecule has 2 fully saturated rings. The van der Waals surface area contributed by atoms with Crippen LogP contribution in [0.15, 0.2) is 24.3 Å². The number of carbonyl (C=O) groups excluding carboxylic acids is 2. The minimum atomic E-state index is -0.595. The molecule has 0 radical (unpaired) electrons. The smallest absolute Gasteiger partial charge is 0.250 e. The van der Waals surface area contributed by atoms with Crippen molar-refractivity contribution in [2.45, 2.75) is 44.2 Å². The number of hydrogen-bond acceptors (Lipinski definition) is 4. The highest BCUT2D eigenvalue weighted by Crippen LogP contribution is 2.36. The molecule has 0 aliphatic carbocycles. The van der Waals surface area contributed by atoms with Crippen LogP contribution in [0.2, 0.25) is 0 Å². The lowest BCUT2D eigenvalue weighted by atomic mass is 9.84. The average molecular weight is 342 g/mol. The Morgan fingerprint density at radius 3 is 2.40 bits per heavy atom. The second-order valence-electron chi connectivity index (χ2n) is 7.45. The van der Waals surface area contributed by atoms with E-state index in [0.717, 1.165) is 24.5 Å². The molecule has 3 heterocycles. The zero-order chi connectivity index (χ0) is 17.4. The van der Waals surface area contributed by atoms with Gasteiger partial charge in [0, 0.05) is 13.1 Å². The molecule has 134 valence electrons. The summed E-state index contributed by atoms with van der Waals surface area (Å²) >= 11 is 0. The molecule has 0 aromatic heterocycles. The number of piperidine rings is 1. The maximum atomic E-state index is 12.8. The molecule has 1 spiro atoms. The molecule has 1 aromatic rings. The molecule has 2 amide bonds. The second kappa shape index (κ2) is 6.33. The number of likely N-dealkylation sites (tertiary alicyclic amines) is 2. The minimum absolute atomic E-state index is 0.0193. The van der Waals surface area contributed by atoms with Crippen LogP contribution >= 0.6 is 0 Å². The zero-order valence-corrected chi connectivity index (χ0v) is 14.8. The van der Waals surface area contributed by atoms with Gasteiger partial charge in [-0.25, -0.2) is 0 Å². The van der Waals surface area contributed by atoms with Gasteiger partial charge in [0.25, 0.3) is 0 Å². The Morgan fingerprint density at radius 1 is 1.08 bits per heavy atom. The molecule has 2 N–H and O–H groups in total. The van der Waals surface area contributed by atoms with Crippen LogP contribution < -0.4 is 10.6 Å². The minimum Gasteiger partial charge on any atom is -0.369 e. The first-order valence-electron chi connectivity index (χ1n) is 9.31. The first-order chi connectivity index (χ1) is 12.1. The van der Waals surface area contributed by atoms with Gasteiger partial charge in [-0.05, 0) is 57.8 Å². The van der Waals surface area contributed by atoms with E-state index in [1.165, 1.54) is 12.8 Å². The van der Waals surface area contributed by atoms with E-state index in [-0.39, 0.29) is 17.9 Å². The molecule has 4 rings (SSSR count). The van der Waals surface area contributed by atoms with Gasteiger partial charge >= 0.3 is 0 Å². The number of fused-ring (bicyclic) bond motifs is 1. The molecule has 0 saturated carbocycles. The number of nitrogens with zero attached hydrogens (tertiary/aromatic N) is 2. The van der Waals surface area contributed by atoms with Gasteiger partial charge in [-0.15, -0.1) is 0 Å². The van der Waals surface area contributed by atoms with Gasteiger partial charge < -0.3 is 15.5 Å². The van der Waals surface area contributed by atoms with E-state index >= 15 is 0 Å². The largest absolute Gasteiger partial charge is 0.369 e. The molecule has 1 atom stereocenters. The molecule has 2 saturated heterocycles. The number of para-hydroxylation sites is 2. The van der Waals surface area contributed by atoms with Crippen LogP contribution in [0.1, 0.15) is 32.6 Å². The first-order valence-corrected chi connectivity index (χ1v) is 9.31. The lowest BCUT2D eigenvalue weighted by molar-refractivity contribution is -0.139. The highest BCUT2D eigenvalue weighted by atomic mass is 16.2.